The van der Waals surface area contributed by atoms with Crippen molar-refractivity contribution >= 4 is 17.6 Å². The van der Waals surface area contributed by atoms with Gasteiger partial charge in [-0.2, -0.15) is 9.78 Å². The fourth-order valence-corrected chi connectivity index (χ4v) is 5.11. The molecule has 39 heavy (non-hydrogen) atoms. The van der Waals surface area contributed by atoms with Gasteiger partial charge in [0.15, 0.2) is 0 Å². The summed E-state index contributed by atoms with van der Waals surface area (Å²) >= 11 is 0. The number of carbonyl (C=O) groups is 2. The Labute approximate surface area is 228 Å². The number of hydrogen-bond donors (Lipinski definition) is 1. The van der Waals surface area contributed by atoms with Gasteiger partial charge in [-0.15, -0.1) is 0 Å². The Kier molecular flexibility index (Phi) is 7.50. The number of esters is 1. The van der Waals surface area contributed by atoms with E-state index in [4.69, 9.17) is 14.6 Å². The molecule has 200 valence electrons. The Morgan fingerprint density at radius 2 is 1.59 bits per heavy atom. The third kappa shape index (κ3) is 5.58. The molecule has 0 bridgehead atoms. The molecule has 1 aliphatic rings. The van der Waals surface area contributed by atoms with E-state index in [2.05, 4.69) is 5.32 Å². The zero-order valence-electron chi connectivity index (χ0n) is 22.8. The first-order valence-electron chi connectivity index (χ1n) is 13.3. The molecule has 1 aromatic heterocycles. The highest BCUT2D eigenvalue weighted by molar-refractivity contribution is 5.93. The van der Waals surface area contributed by atoms with Crippen LogP contribution in [0.4, 0.5) is 5.69 Å². The van der Waals surface area contributed by atoms with E-state index in [1.54, 1.807) is 11.8 Å². The maximum absolute atomic E-state index is 12.7. The molecule has 4 aromatic rings. The van der Waals surface area contributed by atoms with Gasteiger partial charge < -0.3 is 14.8 Å². The molecule has 1 heterocycles. The van der Waals surface area contributed by atoms with Crippen LogP contribution in [0, 0.1) is 19.8 Å². The highest BCUT2D eigenvalue weighted by atomic mass is 16.5. The van der Waals surface area contributed by atoms with Crippen LogP contribution in [0.2, 0.25) is 0 Å². The monoisotopic (exact) mass is 523 g/mol. The molecule has 0 aliphatic heterocycles. The molecule has 7 nitrogen and oxygen atoms in total. The highest BCUT2D eigenvalue weighted by Crippen LogP contribution is 2.42. The van der Waals surface area contributed by atoms with Crippen molar-refractivity contribution in [3.63, 3.8) is 0 Å². The van der Waals surface area contributed by atoms with Gasteiger partial charge in [0.05, 0.1) is 18.4 Å². The number of ether oxygens (including phenoxy) is 2. The third-order valence-corrected chi connectivity index (χ3v) is 7.21. The first-order chi connectivity index (χ1) is 18.8. The second-order valence-electron chi connectivity index (χ2n) is 10.1. The molecular formula is C32H33N3O4. The largest absolute Gasteiger partial charge is 0.497 e. The van der Waals surface area contributed by atoms with E-state index in [0.29, 0.717) is 17.1 Å². The van der Waals surface area contributed by atoms with E-state index in [1.807, 2.05) is 80.6 Å². The minimum Gasteiger partial charge on any atom is -0.497 e. The average Bonchev–Trinajstić information content (AvgIpc) is 3.59. The van der Waals surface area contributed by atoms with Gasteiger partial charge in [0, 0.05) is 24.1 Å². The normalized spacial score (nSPS) is 13.3. The van der Waals surface area contributed by atoms with Crippen LogP contribution in [-0.4, -0.2) is 28.8 Å². The second-order valence-corrected chi connectivity index (χ2v) is 10.1. The molecule has 0 atom stereocenters. The number of amides is 1. The number of carbonyl (C=O) groups excluding carboxylic acids is 2. The van der Waals surface area contributed by atoms with E-state index in [1.165, 1.54) is 6.92 Å². The van der Waals surface area contributed by atoms with E-state index in [9.17, 15) is 9.59 Å². The number of benzene rings is 3. The van der Waals surface area contributed by atoms with Crippen molar-refractivity contribution in [2.75, 3.05) is 12.4 Å². The average molecular weight is 524 g/mol. The van der Waals surface area contributed by atoms with Crippen molar-refractivity contribution in [2.24, 2.45) is 5.92 Å². The van der Waals surface area contributed by atoms with Gasteiger partial charge in [0.25, 0.3) is 0 Å². The molecule has 0 unspecified atom stereocenters. The number of aryl methyl sites for hydroxylation is 2. The number of methoxy groups -OCH3 is 1. The lowest BCUT2D eigenvalue weighted by Gasteiger charge is -2.13. The smallest absolute Gasteiger partial charge is 0.309 e. The lowest BCUT2D eigenvalue weighted by atomic mass is 10.0. The predicted molar refractivity (Wildman–Crippen MR) is 152 cm³/mol. The second kappa shape index (κ2) is 11.2. The Bertz CT molecular complexity index is 1500. The van der Waals surface area contributed by atoms with E-state index >= 15 is 0 Å². The highest BCUT2D eigenvalue weighted by Gasteiger charge is 2.26. The topological polar surface area (TPSA) is 82.4 Å². The van der Waals surface area contributed by atoms with Crippen LogP contribution < -0.4 is 14.8 Å². The summed E-state index contributed by atoms with van der Waals surface area (Å²) in [6.07, 6.45) is 4.10. The van der Waals surface area contributed by atoms with Gasteiger partial charge in [-0.25, -0.2) is 0 Å². The molecule has 1 saturated carbocycles. The van der Waals surface area contributed by atoms with Gasteiger partial charge in [0.1, 0.15) is 11.4 Å². The summed E-state index contributed by atoms with van der Waals surface area (Å²) in [5.41, 5.74) is 6.63. The van der Waals surface area contributed by atoms with Crippen LogP contribution in [0.1, 0.15) is 43.7 Å². The number of hydrogen-bond acceptors (Lipinski definition) is 5. The van der Waals surface area contributed by atoms with Crippen LogP contribution >= 0.6 is 0 Å². The number of aromatic nitrogens is 2. The van der Waals surface area contributed by atoms with Gasteiger partial charge in [-0.1, -0.05) is 37.1 Å². The summed E-state index contributed by atoms with van der Waals surface area (Å²) in [5, 5.41) is 8.04. The number of nitrogens with one attached hydrogen (secondary N) is 1. The molecule has 1 aliphatic carbocycles. The third-order valence-electron chi connectivity index (χ3n) is 7.21. The van der Waals surface area contributed by atoms with E-state index in [-0.39, 0.29) is 11.8 Å². The lowest BCUT2D eigenvalue weighted by Crippen LogP contribution is -2.20. The number of nitrogens with zero attached hydrogens (tertiary/aromatic N) is 2. The zero-order chi connectivity index (χ0) is 27.5. The predicted octanol–water partition coefficient (Wildman–Crippen LogP) is 6.89. The van der Waals surface area contributed by atoms with Crippen LogP contribution in [0.3, 0.4) is 0 Å². The molecule has 0 radical (unpaired) electrons. The van der Waals surface area contributed by atoms with Gasteiger partial charge in [-0.3, -0.25) is 9.59 Å². The Morgan fingerprint density at radius 1 is 0.923 bits per heavy atom. The van der Waals surface area contributed by atoms with Crippen molar-refractivity contribution in [3.8, 4) is 39.7 Å². The summed E-state index contributed by atoms with van der Waals surface area (Å²) in [5.74, 6) is 0.784. The van der Waals surface area contributed by atoms with Crippen LogP contribution in [-0.2, 0) is 9.59 Å². The van der Waals surface area contributed by atoms with Crippen molar-refractivity contribution in [2.45, 2.75) is 46.5 Å². The minimum atomic E-state index is -0.440. The molecular weight excluding hydrogens is 490 g/mol. The summed E-state index contributed by atoms with van der Waals surface area (Å²) in [7, 11) is 1.63. The van der Waals surface area contributed by atoms with Crippen LogP contribution in [0.25, 0.3) is 28.1 Å². The maximum Gasteiger partial charge on any atom is 0.309 e. The summed E-state index contributed by atoms with van der Waals surface area (Å²) < 4.78 is 12.9. The first-order valence-corrected chi connectivity index (χ1v) is 13.3. The Hall–Kier alpha value is -4.39. The quantitative estimate of drug-likeness (QED) is 0.267. The first kappa shape index (κ1) is 26.2. The number of rotatable bonds is 7. The Balaban J connectivity index is 1.64. The molecule has 1 amide bonds. The zero-order valence-corrected chi connectivity index (χ0v) is 22.8. The molecule has 0 spiro atoms. The maximum atomic E-state index is 12.7. The van der Waals surface area contributed by atoms with Gasteiger partial charge in [-0.05, 0) is 85.8 Å². The molecule has 7 heteroatoms. The van der Waals surface area contributed by atoms with Crippen molar-refractivity contribution in [1.82, 2.24) is 9.78 Å². The van der Waals surface area contributed by atoms with E-state index < -0.39 is 5.97 Å². The SMILES string of the molecule is COc1ccc(-c2nn(-c3cc(C)ccc3C)c(OC(C)=O)c2-c2ccc(NC(=O)C3CCCC3)cc2)cc1. The van der Waals surface area contributed by atoms with Crippen molar-refractivity contribution in [3.05, 3.63) is 77.9 Å². The van der Waals surface area contributed by atoms with Crippen LogP contribution in [0.5, 0.6) is 11.6 Å². The molecule has 3 aromatic carbocycles. The van der Waals surface area contributed by atoms with Crippen molar-refractivity contribution in [1.29, 1.82) is 0 Å². The molecule has 0 saturated heterocycles. The lowest BCUT2D eigenvalue weighted by molar-refractivity contribution is -0.132. The van der Waals surface area contributed by atoms with Gasteiger partial charge >= 0.3 is 5.97 Å². The summed E-state index contributed by atoms with van der Waals surface area (Å²) in [6, 6.07) is 21.3. The van der Waals surface area contributed by atoms with Gasteiger partial charge in [0.2, 0.25) is 11.8 Å². The standard InChI is InChI=1S/C32H33N3O4/c1-20-9-10-21(2)28(19-20)35-32(39-22(3)36)29(30(34-35)24-13-17-27(38-4)18-14-24)23-11-15-26(16-12-23)33-31(37)25-7-5-6-8-25/h9-19,25H,5-8H2,1-4H3,(H,33,37). The minimum absolute atomic E-state index is 0.0718. The summed E-state index contributed by atoms with van der Waals surface area (Å²) in [4.78, 5) is 25.0. The van der Waals surface area contributed by atoms with Crippen LogP contribution in [0.15, 0.2) is 66.7 Å². The molecule has 1 fully saturated rings. The molecule has 1 N–H and O–H groups in total. The fourth-order valence-electron chi connectivity index (χ4n) is 5.11. The van der Waals surface area contributed by atoms with Crippen molar-refractivity contribution < 1.29 is 19.1 Å². The summed E-state index contributed by atoms with van der Waals surface area (Å²) in [6.45, 7) is 5.41. The fraction of sp³-hybridized carbons (Fsp3) is 0.281. The molecule has 5 rings (SSSR count). The van der Waals surface area contributed by atoms with E-state index in [0.717, 1.165) is 65.1 Å². The Morgan fingerprint density at radius 3 is 2.23 bits per heavy atom. The number of anilines is 1.